The summed E-state index contributed by atoms with van der Waals surface area (Å²) in [5.74, 6) is 2.00. The molecule has 3 nitrogen and oxygen atoms in total. The molecular weight excluding hydrogens is 258 g/mol. The van der Waals surface area contributed by atoms with Gasteiger partial charge in [-0.25, -0.2) is 0 Å². The maximum atomic E-state index is 9.26. The number of hydrogen-bond acceptors (Lipinski definition) is 3. The van der Waals surface area contributed by atoms with Crippen LogP contribution in [0.2, 0.25) is 0 Å². The van der Waals surface area contributed by atoms with E-state index in [4.69, 9.17) is 0 Å². The van der Waals surface area contributed by atoms with Crippen LogP contribution < -0.4 is 4.90 Å². The highest BCUT2D eigenvalue weighted by molar-refractivity contribution is 5.59. The van der Waals surface area contributed by atoms with Crippen LogP contribution in [0.3, 0.4) is 0 Å². The minimum absolute atomic E-state index is 0.811. The lowest BCUT2D eigenvalue weighted by Crippen LogP contribution is -2.51. The number of piperazine rings is 1. The Morgan fingerprint density at radius 3 is 2.48 bits per heavy atom. The second-order valence-electron chi connectivity index (χ2n) is 6.89. The number of anilines is 1. The lowest BCUT2D eigenvalue weighted by Gasteiger charge is -2.42. The molecule has 1 aliphatic heterocycles. The molecule has 0 aromatic heterocycles. The first-order chi connectivity index (χ1) is 10.3. The molecule has 3 fully saturated rings. The van der Waals surface area contributed by atoms with Crippen molar-refractivity contribution in [3.8, 4) is 6.07 Å². The smallest absolute Gasteiger partial charge is 0.101 e. The molecule has 3 aliphatic rings. The van der Waals surface area contributed by atoms with Crippen molar-refractivity contribution >= 4 is 5.69 Å². The molecule has 1 aromatic rings. The van der Waals surface area contributed by atoms with Gasteiger partial charge in [0.25, 0.3) is 0 Å². The van der Waals surface area contributed by atoms with Gasteiger partial charge in [-0.15, -0.1) is 0 Å². The number of benzene rings is 1. The van der Waals surface area contributed by atoms with Crippen molar-refractivity contribution in [2.45, 2.75) is 31.7 Å². The van der Waals surface area contributed by atoms with Crippen molar-refractivity contribution in [1.82, 2.24) is 4.90 Å². The fraction of sp³-hybridized carbons (Fsp3) is 0.611. The van der Waals surface area contributed by atoms with E-state index in [2.05, 4.69) is 21.9 Å². The SMILES string of the molecule is N#Cc1ccccc1N1CCN([C@H]2C[C@H]3CC[C@H]2C3)CC1. The average Bonchev–Trinajstić information content (AvgIpc) is 3.18. The number of nitrogens with zero attached hydrogens (tertiary/aromatic N) is 3. The molecule has 1 aromatic carbocycles. The van der Waals surface area contributed by atoms with Crippen LogP contribution in [0.5, 0.6) is 0 Å². The van der Waals surface area contributed by atoms with Crippen LogP contribution >= 0.6 is 0 Å². The van der Waals surface area contributed by atoms with Crippen molar-refractivity contribution < 1.29 is 0 Å². The number of hydrogen-bond donors (Lipinski definition) is 0. The van der Waals surface area contributed by atoms with E-state index in [1.54, 1.807) is 0 Å². The molecule has 0 unspecified atom stereocenters. The van der Waals surface area contributed by atoms with E-state index in [-0.39, 0.29) is 0 Å². The summed E-state index contributed by atoms with van der Waals surface area (Å²) < 4.78 is 0. The van der Waals surface area contributed by atoms with Gasteiger partial charge in [0.2, 0.25) is 0 Å². The molecular formula is C18H23N3. The Labute approximate surface area is 127 Å². The van der Waals surface area contributed by atoms with E-state index < -0.39 is 0 Å². The Balaban J connectivity index is 1.42. The first-order valence-electron chi connectivity index (χ1n) is 8.33. The largest absolute Gasteiger partial charge is 0.368 e. The van der Waals surface area contributed by atoms with Crippen molar-refractivity contribution in [1.29, 1.82) is 5.26 Å². The summed E-state index contributed by atoms with van der Waals surface area (Å²) in [6, 6.07) is 11.2. The van der Waals surface area contributed by atoms with Crippen LogP contribution in [-0.2, 0) is 0 Å². The fourth-order valence-corrected chi connectivity index (χ4v) is 4.80. The molecule has 3 heteroatoms. The van der Waals surface area contributed by atoms with Gasteiger partial charge in [-0.3, -0.25) is 4.90 Å². The van der Waals surface area contributed by atoms with Gasteiger partial charge in [0.15, 0.2) is 0 Å². The monoisotopic (exact) mass is 281 g/mol. The second-order valence-corrected chi connectivity index (χ2v) is 6.89. The standard InChI is InChI=1S/C18H23N3/c19-13-16-3-1-2-4-17(16)20-7-9-21(10-8-20)18-12-14-5-6-15(18)11-14/h1-4,14-15,18H,5-12H2/t14-,15-,18-/m0/s1. The van der Waals surface area contributed by atoms with Crippen molar-refractivity contribution in [2.24, 2.45) is 11.8 Å². The van der Waals surface area contributed by atoms with Crippen molar-refractivity contribution in [3.05, 3.63) is 29.8 Å². The average molecular weight is 281 g/mol. The third-order valence-corrected chi connectivity index (χ3v) is 5.85. The third-order valence-electron chi connectivity index (χ3n) is 5.85. The number of para-hydroxylation sites is 1. The molecule has 21 heavy (non-hydrogen) atoms. The zero-order valence-corrected chi connectivity index (χ0v) is 12.5. The van der Waals surface area contributed by atoms with Gasteiger partial charge in [-0.05, 0) is 43.2 Å². The van der Waals surface area contributed by atoms with Gasteiger partial charge in [0.1, 0.15) is 6.07 Å². The van der Waals surface area contributed by atoms with Crippen molar-refractivity contribution in [2.75, 3.05) is 31.1 Å². The highest BCUT2D eigenvalue weighted by Crippen LogP contribution is 2.46. The first-order valence-corrected chi connectivity index (χ1v) is 8.33. The molecule has 0 amide bonds. The summed E-state index contributed by atoms with van der Waals surface area (Å²) in [5, 5.41) is 9.26. The zero-order valence-electron chi connectivity index (χ0n) is 12.5. The Morgan fingerprint density at radius 1 is 1.00 bits per heavy atom. The molecule has 4 rings (SSSR count). The number of nitriles is 1. The van der Waals surface area contributed by atoms with E-state index in [1.807, 2.05) is 18.2 Å². The summed E-state index contributed by atoms with van der Waals surface area (Å²) in [5.41, 5.74) is 1.93. The van der Waals surface area contributed by atoms with Crippen LogP contribution in [0, 0.1) is 23.2 Å². The summed E-state index contributed by atoms with van der Waals surface area (Å²) >= 11 is 0. The van der Waals surface area contributed by atoms with Gasteiger partial charge in [-0.2, -0.15) is 5.26 Å². The van der Waals surface area contributed by atoms with E-state index in [9.17, 15) is 5.26 Å². The predicted octanol–water partition coefficient (Wildman–Crippen LogP) is 2.87. The van der Waals surface area contributed by atoms with Crippen molar-refractivity contribution in [3.63, 3.8) is 0 Å². The molecule has 110 valence electrons. The van der Waals surface area contributed by atoms with Crippen LogP contribution in [0.4, 0.5) is 5.69 Å². The molecule has 2 bridgehead atoms. The number of rotatable bonds is 2. The van der Waals surface area contributed by atoms with Gasteiger partial charge < -0.3 is 4.90 Å². The minimum atomic E-state index is 0.811. The highest BCUT2D eigenvalue weighted by atomic mass is 15.3. The van der Waals surface area contributed by atoms with E-state index >= 15 is 0 Å². The number of fused-ring (bicyclic) bond motifs is 2. The minimum Gasteiger partial charge on any atom is -0.368 e. The maximum Gasteiger partial charge on any atom is 0.101 e. The lowest BCUT2D eigenvalue weighted by atomic mass is 9.93. The summed E-state index contributed by atoms with van der Waals surface area (Å²) in [6.45, 7) is 4.44. The molecule has 0 radical (unpaired) electrons. The van der Waals surface area contributed by atoms with Gasteiger partial charge >= 0.3 is 0 Å². The van der Waals surface area contributed by atoms with Gasteiger partial charge in [-0.1, -0.05) is 18.6 Å². The molecule has 2 aliphatic carbocycles. The van der Waals surface area contributed by atoms with Crippen LogP contribution in [0.1, 0.15) is 31.2 Å². The van der Waals surface area contributed by atoms with Crippen LogP contribution in [0.15, 0.2) is 24.3 Å². The Kier molecular flexibility index (Phi) is 3.35. The second kappa shape index (κ2) is 5.35. The highest BCUT2D eigenvalue weighted by Gasteiger charge is 2.42. The molecule has 1 saturated heterocycles. The molecule has 3 atom stereocenters. The molecule has 1 heterocycles. The topological polar surface area (TPSA) is 30.3 Å². The fourth-order valence-electron chi connectivity index (χ4n) is 4.80. The van der Waals surface area contributed by atoms with Gasteiger partial charge in [0.05, 0.1) is 11.3 Å². The Morgan fingerprint density at radius 2 is 1.81 bits per heavy atom. The van der Waals surface area contributed by atoms with E-state index in [0.29, 0.717) is 0 Å². The zero-order chi connectivity index (χ0) is 14.2. The summed E-state index contributed by atoms with van der Waals surface area (Å²) in [4.78, 5) is 5.12. The van der Waals surface area contributed by atoms with Gasteiger partial charge in [0, 0.05) is 32.2 Å². The molecule has 2 saturated carbocycles. The van der Waals surface area contributed by atoms with Crippen LogP contribution in [-0.4, -0.2) is 37.1 Å². The summed E-state index contributed by atoms with van der Waals surface area (Å²) in [6.07, 6.45) is 5.88. The first kappa shape index (κ1) is 13.2. The third kappa shape index (κ3) is 2.32. The molecule has 0 spiro atoms. The Bertz CT molecular complexity index is 554. The summed E-state index contributed by atoms with van der Waals surface area (Å²) in [7, 11) is 0. The maximum absolute atomic E-state index is 9.26. The predicted molar refractivity (Wildman–Crippen MR) is 84.2 cm³/mol. The molecule has 0 N–H and O–H groups in total. The quantitative estimate of drug-likeness (QED) is 0.835. The van der Waals surface area contributed by atoms with E-state index in [1.165, 1.54) is 25.7 Å². The normalized spacial score (nSPS) is 32.3. The van der Waals surface area contributed by atoms with E-state index in [0.717, 1.165) is 55.3 Å². The van der Waals surface area contributed by atoms with Crippen LogP contribution in [0.25, 0.3) is 0 Å². The Hall–Kier alpha value is -1.53. The lowest BCUT2D eigenvalue weighted by molar-refractivity contribution is 0.135.